The molecular weight excluding hydrogens is 288 g/mol. The molecule has 0 aromatic carbocycles. The van der Waals surface area contributed by atoms with Crippen LogP contribution in [0.5, 0.6) is 0 Å². The fourth-order valence-electron chi connectivity index (χ4n) is 2.40. The maximum absolute atomic E-state index is 4.63. The number of guanidine groups is 1. The third kappa shape index (κ3) is 5.47. The molecule has 0 unspecified atom stereocenters. The van der Waals surface area contributed by atoms with E-state index in [1.54, 1.807) is 0 Å². The van der Waals surface area contributed by atoms with Crippen molar-refractivity contribution in [1.82, 2.24) is 24.8 Å². The van der Waals surface area contributed by atoms with E-state index in [9.17, 15) is 0 Å². The Morgan fingerprint density at radius 1 is 1.30 bits per heavy atom. The van der Waals surface area contributed by atoms with E-state index in [4.69, 9.17) is 0 Å². The van der Waals surface area contributed by atoms with Gasteiger partial charge in [-0.25, -0.2) is 9.98 Å². The minimum atomic E-state index is 0.600. The second-order valence-electron chi connectivity index (χ2n) is 6.12. The van der Waals surface area contributed by atoms with Gasteiger partial charge in [0.2, 0.25) is 0 Å². The number of hydrogen-bond donors (Lipinski definition) is 2. The Balaban J connectivity index is 1.95. The highest BCUT2D eigenvalue weighted by molar-refractivity contribution is 5.79. The predicted octanol–water partition coefficient (Wildman–Crippen LogP) is 2.13. The molecule has 0 radical (unpaired) electrons. The first-order valence-corrected chi connectivity index (χ1v) is 8.21. The highest BCUT2D eigenvalue weighted by Crippen LogP contribution is 2.04. The van der Waals surface area contributed by atoms with Crippen LogP contribution in [0.4, 0.5) is 0 Å². The lowest BCUT2D eigenvalue weighted by Crippen LogP contribution is -2.37. The van der Waals surface area contributed by atoms with Gasteiger partial charge in [0.25, 0.3) is 0 Å². The SMILES string of the molecule is CCNC(=NCc1ccn(C)c1)NCc1nccn1CC(C)C. The van der Waals surface area contributed by atoms with Crippen LogP contribution >= 0.6 is 0 Å². The first-order valence-electron chi connectivity index (χ1n) is 8.21. The molecule has 23 heavy (non-hydrogen) atoms. The van der Waals surface area contributed by atoms with Crippen molar-refractivity contribution in [3.8, 4) is 0 Å². The number of nitrogens with one attached hydrogen (secondary N) is 2. The summed E-state index contributed by atoms with van der Waals surface area (Å²) < 4.78 is 4.23. The van der Waals surface area contributed by atoms with Crippen molar-refractivity contribution in [2.24, 2.45) is 18.0 Å². The highest BCUT2D eigenvalue weighted by atomic mass is 15.2. The standard InChI is InChI=1S/C17H28N6/c1-5-18-17(20-10-15-6-8-22(4)13-15)21-11-16-19-7-9-23(16)12-14(2)3/h6-9,13-14H,5,10-12H2,1-4H3,(H2,18,20,21). The average Bonchev–Trinajstić information content (AvgIpc) is 3.10. The Kier molecular flexibility index (Phi) is 6.26. The molecule has 0 saturated carbocycles. The molecule has 2 N–H and O–H groups in total. The molecule has 6 heteroatoms. The molecule has 2 aromatic rings. The zero-order valence-electron chi connectivity index (χ0n) is 14.6. The summed E-state index contributed by atoms with van der Waals surface area (Å²) in [7, 11) is 2.02. The van der Waals surface area contributed by atoms with Gasteiger partial charge in [-0.3, -0.25) is 0 Å². The van der Waals surface area contributed by atoms with Crippen molar-refractivity contribution in [3.63, 3.8) is 0 Å². The third-order valence-electron chi connectivity index (χ3n) is 3.43. The Bertz CT molecular complexity index is 623. The molecule has 0 amide bonds. The van der Waals surface area contributed by atoms with Gasteiger partial charge in [-0.1, -0.05) is 13.8 Å². The number of aryl methyl sites for hydroxylation is 1. The van der Waals surface area contributed by atoms with Gasteiger partial charge in [-0.2, -0.15) is 0 Å². The molecule has 0 spiro atoms. The topological polar surface area (TPSA) is 59.2 Å². The zero-order chi connectivity index (χ0) is 16.7. The van der Waals surface area contributed by atoms with E-state index in [0.717, 1.165) is 24.9 Å². The summed E-state index contributed by atoms with van der Waals surface area (Å²) in [6.07, 6.45) is 8.01. The average molecular weight is 316 g/mol. The van der Waals surface area contributed by atoms with Crippen LogP contribution in [0.2, 0.25) is 0 Å². The molecule has 6 nitrogen and oxygen atoms in total. The fraction of sp³-hybridized carbons (Fsp3) is 0.529. The summed E-state index contributed by atoms with van der Waals surface area (Å²) in [5.41, 5.74) is 1.20. The molecule has 2 rings (SSSR count). The monoisotopic (exact) mass is 316 g/mol. The van der Waals surface area contributed by atoms with Crippen LogP contribution < -0.4 is 10.6 Å². The Morgan fingerprint density at radius 3 is 2.78 bits per heavy atom. The lowest BCUT2D eigenvalue weighted by Gasteiger charge is -2.13. The number of aromatic nitrogens is 3. The largest absolute Gasteiger partial charge is 0.357 e. The summed E-state index contributed by atoms with van der Waals surface area (Å²) in [5.74, 6) is 2.45. The van der Waals surface area contributed by atoms with Gasteiger partial charge in [0.05, 0.1) is 13.1 Å². The van der Waals surface area contributed by atoms with Crippen LogP contribution in [0, 0.1) is 5.92 Å². The van der Waals surface area contributed by atoms with Gasteiger partial charge >= 0.3 is 0 Å². The summed E-state index contributed by atoms with van der Waals surface area (Å²) in [6, 6.07) is 2.09. The molecule has 0 aliphatic heterocycles. The maximum Gasteiger partial charge on any atom is 0.191 e. The van der Waals surface area contributed by atoms with E-state index in [0.29, 0.717) is 19.0 Å². The van der Waals surface area contributed by atoms with Gasteiger partial charge in [0.1, 0.15) is 5.82 Å². The van der Waals surface area contributed by atoms with E-state index in [2.05, 4.69) is 58.2 Å². The smallest absolute Gasteiger partial charge is 0.191 e. The van der Waals surface area contributed by atoms with Crippen molar-refractivity contribution >= 4 is 5.96 Å². The third-order valence-corrected chi connectivity index (χ3v) is 3.43. The van der Waals surface area contributed by atoms with E-state index in [1.807, 2.05) is 30.2 Å². The minimum Gasteiger partial charge on any atom is -0.357 e. The molecule has 2 aromatic heterocycles. The van der Waals surface area contributed by atoms with Gasteiger partial charge in [-0.05, 0) is 24.5 Å². The van der Waals surface area contributed by atoms with Gasteiger partial charge < -0.3 is 19.8 Å². The van der Waals surface area contributed by atoms with Gasteiger partial charge in [0, 0.05) is 44.9 Å². The second-order valence-corrected chi connectivity index (χ2v) is 6.12. The summed E-state index contributed by atoms with van der Waals surface area (Å²) in [6.45, 7) is 9.64. The van der Waals surface area contributed by atoms with Crippen LogP contribution in [-0.4, -0.2) is 26.6 Å². The molecule has 0 atom stereocenters. The highest BCUT2D eigenvalue weighted by Gasteiger charge is 2.06. The summed E-state index contributed by atoms with van der Waals surface area (Å²) in [4.78, 5) is 9.07. The van der Waals surface area contributed by atoms with Crippen LogP contribution in [-0.2, 0) is 26.7 Å². The van der Waals surface area contributed by atoms with Crippen molar-refractivity contribution < 1.29 is 0 Å². The van der Waals surface area contributed by atoms with E-state index in [-0.39, 0.29) is 0 Å². The normalized spacial score (nSPS) is 12.0. The quantitative estimate of drug-likeness (QED) is 0.608. The van der Waals surface area contributed by atoms with Gasteiger partial charge in [0.15, 0.2) is 5.96 Å². The van der Waals surface area contributed by atoms with E-state index >= 15 is 0 Å². The number of aliphatic imine (C=N–C) groups is 1. The number of imidazole rings is 1. The molecule has 0 bridgehead atoms. The van der Waals surface area contributed by atoms with E-state index < -0.39 is 0 Å². The molecule has 0 aliphatic rings. The lowest BCUT2D eigenvalue weighted by atomic mass is 10.2. The van der Waals surface area contributed by atoms with Crippen molar-refractivity contribution in [2.75, 3.05) is 6.54 Å². The van der Waals surface area contributed by atoms with Gasteiger partial charge in [-0.15, -0.1) is 0 Å². The number of nitrogens with zero attached hydrogens (tertiary/aromatic N) is 4. The maximum atomic E-state index is 4.63. The molecule has 2 heterocycles. The Labute approximate surface area is 138 Å². The number of hydrogen-bond acceptors (Lipinski definition) is 2. The van der Waals surface area contributed by atoms with Crippen LogP contribution in [0.25, 0.3) is 0 Å². The second kappa shape index (κ2) is 8.41. The molecule has 0 fully saturated rings. The van der Waals surface area contributed by atoms with Crippen LogP contribution in [0.3, 0.4) is 0 Å². The van der Waals surface area contributed by atoms with Crippen LogP contribution in [0.1, 0.15) is 32.2 Å². The Morgan fingerprint density at radius 2 is 2.13 bits per heavy atom. The zero-order valence-corrected chi connectivity index (χ0v) is 14.6. The van der Waals surface area contributed by atoms with Crippen molar-refractivity contribution in [2.45, 2.75) is 40.4 Å². The van der Waals surface area contributed by atoms with Crippen molar-refractivity contribution in [3.05, 3.63) is 42.2 Å². The minimum absolute atomic E-state index is 0.600. The summed E-state index contributed by atoms with van der Waals surface area (Å²) in [5, 5.41) is 6.64. The Hall–Kier alpha value is -2.24. The number of rotatable bonds is 7. The van der Waals surface area contributed by atoms with E-state index in [1.165, 1.54) is 5.56 Å². The fourth-order valence-corrected chi connectivity index (χ4v) is 2.40. The first-order chi connectivity index (χ1) is 11.1. The van der Waals surface area contributed by atoms with Crippen LogP contribution in [0.15, 0.2) is 35.8 Å². The first kappa shape index (κ1) is 17.1. The molecule has 126 valence electrons. The molecule has 0 aliphatic carbocycles. The summed E-state index contributed by atoms with van der Waals surface area (Å²) >= 11 is 0. The lowest BCUT2D eigenvalue weighted by molar-refractivity contribution is 0.503. The van der Waals surface area contributed by atoms with Crippen molar-refractivity contribution in [1.29, 1.82) is 0 Å². The molecule has 0 saturated heterocycles. The molecular formula is C17H28N6. The predicted molar refractivity (Wildman–Crippen MR) is 94.1 cm³/mol.